The summed E-state index contributed by atoms with van der Waals surface area (Å²) in [6.45, 7) is 3.41. The van der Waals surface area contributed by atoms with Crippen molar-refractivity contribution in [3.8, 4) is 0 Å². The highest BCUT2D eigenvalue weighted by Gasteiger charge is 1.84. The van der Waals surface area contributed by atoms with E-state index in [4.69, 9.17) is 5.11 Å². The molecule has 0 rings (SSSR count). The van der Waals surface area contributed by atoms with Crippen molar-refractivity contribution in [1.82, 2.24) is 5.43 Å². The van der Waals surface area contributed by atoms with E-state index in [9.17, 15) is 0 Å². The van der Waals surface area contributed by atoms with Gasteiger partial charge in [-0.2, -0.15) is 5.10 Å². The highest BCUT2D eigenvalue weighted by atomic mass is 32.1. The molecule has 0 saturated heterocycles. The normalized spacial score (nSPS) is 11.2. The van der Waals surface area contributed by atoms with Crippen molar-refractivity contribution in [3.63, 3.8) is 0 Å². The summed E-state index contributed by atoms with van der Waals surface area (Å²) in [4.78, 5) is 0.600. The molecule has 3 nitrogen and oxygen atoms in total. The summed E-state index contributed by atoms with van der Waals surface area (Å²) < 4.78 is 0. The minimum absolute atomic E-state index is 0.0321. The van der Waals surface area contributed by atoms with Crippen molar-refractivity contribution in [2.75, 3.05) is 6.61 Å². The maximum absolute atomic E-state index is 8.43. The van der Waals surface area contributed by atoms with Gasteiger partial charge in [-0.05, 0) is 13.8 Å². The van der Waals surface area contributed by atoms with Crippen LogP contribution in [0.25, 0.3) is 0 Å². The molecule has 0 heterocycles. The summed E-state index contributed by atoms with van der Waals surface area (Å²) in [5.74, 6) is 0. The lowest BCUT2D eigenvalue weighted by atomic mass is 10.5. The van der Waals surface area contributed by atoms with Crippen LogP contribution in [0, 0.1) is 0 Å². The quantitative estimate of drug-likeness (QED) is 0.334. The number of thiocarbonyl (C=S) groups is 1. The highest BCUT2D eigenvalue weighted by molar-refractivity contribution is 7.80. The first kappa shape index (κ1) is 8.52. The van der Waals surface area contributed by atoms with Crippen molar-refractivity contribution in [1.29, 1.82) is 0 Å². The number of hydrazone groups is 1. The number of nitrogens with one attached hydrogen (secondary N) is 1. The zero-order valence-corrected chi connectivity index (χ0v) is 6.33. The molecule has 4 heteroatoms. The number of aliphatic hydroxyl groups excluding tert-OH is 1. The van der Waals surface area contributed by atoms with E-state index in [0.717, 1.165) is 0 Å². The van der Waals surface area contributed by atoms with Crippen LogP contribution in [0.15, 0.2) is 5.10 Å². The highest BCUT2D eigenvalue weighted by Crippen LogP contribution is 1.72. The van der Waals surface area contributed by atoms with Gasteiger partial charge < -0.3 is 5.11 Å². The molecule has 0 bridgehead atoms. The van der Waals surface area contributed by atoms with Crippen molar-refractivity contribution in [3.05, 3.63) is 0 Å². The van der Waals surface area contributed by atoms with Gasteiger partial charge in [0.25, 0.3) is 0 Å². The maximum atomic E-state index is 8.43. The minimum Gasteiger partial charge on any atom is -0.390 e. The van der Waals surface area contributed by atoms with Crippen LogP contribution in [-0.2, 0) is 0 Å². The zero-order valence-electron chi connectivity index (χ0n) is 5.51. The van der Waals surface area contributed by atoms with Crippen molar-refractivity contribution in [2.24, 2.45) is 5.10 Å². The minimum atomic E-state index is -0.0321. The van der Waals surface area contributed by atoms with Gasteiger partial charge in [0.1, 0.15) is 0 Å². The van der Waals surface area contributed by atoms with Gasteiger partial charge in [-0.15, -0.1) is 0 Å². The molecule has 0 aliphatic heterocycles. The van der Waals surface area contributed by atoms with E-state index in [-0.39, 0.29) is 6.61 Å². The molecule has 9 heavy (non-hydrogen) atoms. The Labute approximate surface area is 59.8 Å². The SMILES string of the molecule is CC(=S)N/N=C(\C)CO. The lowest BCUT2D eigenvalue weighted by Gasteiger charge is -1.95. The Kier molecular flexibility index (Phi) is 4.17. The van der Waals surface area contributed by atoms with Gasteiger partial charge in [-0.1, -0.05) is 12.2 Å². The van der Waals surface area contributed by atoms with Gasteiger partial charge in [-0.25, -0.2) is 0 Å². The predicted octanol–water partition coefficient (Wildman–Crippen LogP) is 0.291. The summed E-state index contributed by atoms with van der Waals surface area (Å²) in [5, 5.41) is 12.2. The molecule has 52 valence electrons. The van der Waals surface area contributed by atoms with Crippen molar-refractivity contribution >= 4 is 22.9 Å². The van der Waals surface area contributed by atoms with E-state index in [1.807, 2.05) is 0 Å². The molecular formula is C5H10N2OS. The fourth-order valence-corrected chi connectivity index (χ4v) is 0.255. The number of hydrogen-bond donors (Lipinski definition) is 2. The second kappa shape index (κ2) is 4.40. The van der Waals surface area contributed by atoms with Crippen molar-refractivity contribution < 1.29 is 5.11 Å². The standard InChI is InChI=1S/C5H10N2OS/c1-4(3-8)6-7-5(2)9/h8H,3H2,1-2H3,(H,7,9)/b6-4+. The molecule has 0 radical (unpaired) electrons. The maximum Gasteiger partial charge on any atom is 0.0930 e. The number of nitrogens with zero attached hydrogens (tertiary/aromatic N) is 1. The fraction of sp³-hybridized carbons (Fsp3) is 0.600. The van der Waals surface area contributed by atoms with Crippen LogP contribution in [0.5, 0.6) is 0 Å². The first-order chi connectivity index (χ1) is 4.16. The molecule has 0 spiro atoms. The van der Waals surface area contributed by atoms with E-state index < -0.39 is 0 Å². The van der Waals surface area contributed by atoms with E-state index in [2.05, 4.69) is 22.7 Å². The zero-order chi connectivity index (χ0) is 7.28. The van der Waals surface area contributed by atoms with E-state index in [1.165, 1.54) is 0 Å². The Morgan fingerprint density at radius 2 is 2.22 bits per heavy atom. The van der Waals surface area contributed by atoms with Gasteiger partial charge in [0.2, 0.25) is 0 Å². The second-order valence-electron chi connectivity index (χ2n) is 1.67. The number of aliphatic hydroxyl groups is 1. The Balaban J connectivity index is 3.56. The molecule has 2 N–H and O–H groups in total. The molecule has 0 saturated carbocycles. The van der Waals surface area contributed by atoms with Gasteiger partial charge in [0, 0.05) is 0 Å². The van der Waals surface area contributed by atoms with Crippen LogP contribution in [-0.4, -0.2) is 22.4 Å². The average molecular weight is 146 g/mol. The van der Waals surface area contributed by atoms with Crippen molar-refractivity contribution in [2.45, 2.75) is 13.8 Å². The summed E-state index contributed by atoms with van der Waals surface area (Å²) in [7, 11) is 0. The topological polar surface area (TPSA) is 44.6 Å². The van der Waals surface area contributed by atoms with Crippen LogP contribution in [0.2, 0.25) is 0 Å². The summed E-state index contributed by atoms with van der Waals surface area (Å²) in [6, 6.07) is 0. The first-order valence-electron chi connectivity index (χ1n) is 2.57. The Hall–Kier alpha value is -0.480. The summed E-state index contributed by atoms with van der Waals surface area (Å²) in [5.41, 5.74) is 3.18. The summed E-state index contributed by atoms with van der Waals surface area (Å²) in [6.07, 6.45) is 0. The molecule has 0 amide bonds. The Morgan fingerprint density at radius 1 is 1.67 bits per heavy atom. The molecule has 0 atom stereocenters. The third-order valence-corrected chi connectivity index (χ3v) is 0.724. The molecule has 0 aromatic carbocycles. The monoisotopic (exact) mass is 146 g/mol. The molecule has 0 unspecified atom stereocenters. The number of hydrogen-bond acceptors (Lipinski definition) is 3. The third kappa shape index (κ3) is 5.39. The van der Waals surface area contributed by atoms with E-state index in [0.29, 0.717) is 10.7 Å². The second-order valence-corrected chi connectivity index (χ2v) is 2.29. The molecule has 0 aromatic heterocycles. The van der Waals surface area contributed by atoms with E-state index in [1.54, 1.807) is 13.8 Å². The molecular weight excluding hydrogens is 136 g/mol. The van der Waals surface area contributed by atoms with Crippen LogP contribution >= 0.6 is 12.2 Å². The first-order valence-corrected chi connectivity index (χ1v) is 2.98. The smallest absolute Gasteiger partial charge is 0.0930 e. The Bertz CT molecular complexity index is 133. The largest absolute Gasteiger partial charge is 0.390 e. The van der Waals surface area contributed by atoms with Crippen LogP contribution in [0.1, 0.15) is 13.8 Å². The third-order valence-electron chi connectivity index (χ3n) is 0.633. The van der Waals surface area contributed by atoms with Crippen LogP contribution < -0.4 is 5.43 Å². The fourth-order valence-electron chi connectivity index (χ4n) is 0.210. The van der Waals surface area contributed by atoms with Crippen LogP contribution in [0.4, 0.5) is 0 Å². The molecule has 0 aromatic rings. The predicted molar refractivity (Wildman–Crippen MR) is 41.6 cm³/mol. The number of rotatable bonds is 2. The molecule has 0 aliphatic rings. The van der Waals surface area contributed by atoms with Gasteiger partial charge in [0.15, 0.2) is 0 Å². The van der Waals surface area contributed by atoms with Gasteiger partial charge in [0.05, 0.1) is 17.3 Å². The lowest BCUT2D eigenvalue weighted by molar-refractivity contribution is 0.356. The lowest BCUT2D eigenvalue weighted by Crippen LogP contribution is -2.14. The van der Waals surface area contributed by atoms with E-state index >= 15 is 0 Å². The molecule has 0 fully saturated rings. The van der Waals surface area contributed by atoms with Crippen LogP contribution in [0.3, 0.4) is 0 Å². The van der Waals surface area contributed by atoms with Gasteiger partial charge in [-0.3, -0.25) is 5.43 Å². The van der Waals surface area contributed by atoms with Gasteiger partial charge >= 0.3 is 0 Å². The average Bonchev–Trinajstić information content (AvgIpc) is 1.83. The summed E-state index contributed by atoms with van der Waals surface area (Å²) >= 11 is 4.66. The Morgan fingerprint density at radius 3 is 2.56 bits per heavy atom. The molecule has 0 aliphatic carbocycles.